The van der Waals surface area contributed by atoms with E-state index >= 15 is 0 Å². The summed E-state index contributed by atoms with van der Waals surface area (Å²) in [4.78, 5) is 10.4. The van der Waals surface area contributed by atoms with Crippen LogP contribution in [0.1, 0.15) is 18.3 Å². The molecule has 12 heavy (non-hydrogen) atoms. The van der Waals surface area contributed by atoms with E-state index in [1.807, 2.05) is 13.0 Å². The van der Waals surface area contributed by atoms with Gasteiger partial charge in [0.15, 0.2) is 0 Å². The summed E-state index contributed by atoms with van der Waals surface area (Å²) in [5, 5.41) is 0. The Balaban J connectivity index is 2.63. The fraction of sp³-hybridized carbons (Fsp3) is 0.556. The third-order valence-corrected chi connectivity index (χ3v) is 1.83. The van der Waals surface area contributed by atoms with Gasteiger partial charge in [0.1, 0.15) is 6.33 Å². The molecule has 0 aliphatic heterocycles. The van der Waals surface area contributed by atoms with Gasteiger partial charge in [-0.3, -0.25) is 0 Å². The van der Waals surface area contributed by atoms with Gasteiger partial charge in [0.25, 0.3) is 0 Å². The van der Waals surface area contributed by atoms with Gasteiger partial charge in [0, 0.05) is 12.2 Å². The summed E-state index contributed by atoms with van der Waals surface area (Å²) in [6.07, 6.45) is 1.62. The lowest BCUT2D eigenvalue weighted by molar-refractivity contribution is 0.341. The molecule has 66 valence electrons. The van der Waals surface area contributed by atoms with Crippen LogP contribution < -0.4 is 0 Å². The molecule has 0 spiro atoms. The fourth-order valence-electron chi connectivity index (χ4n) is 0.985. The average Bonchev–Trinajstić information content (AvgIpc) is 2.04. The first-order valence-corrected chi connectivity index (χ1v) is 4.18. The van der Waals surface area contributed by atoms with Gasteiger partial charge in [0.05, 0.1) is 5.69 Å². The second-order valence-electron chi connectivity index (χ2n) is 2.98. The largest absolute Gasteiger partial charge is 0.301 e. The van der Waals surface area contributed by atoms with Gasteiger partial charge in [-0.2, -0.15) is 0 Å². The third kappa shape index (κ3) is 2.58. The van der Waals surface area contributed by atoms with Crippen molar-refractivity contribution in [3.63, 3.8) is 0 Å². The Morgan fingerprint density at radius 1 is 1.42 bits per heavy atom. The van der Waals surface area contributed by atoms with E-state index in [2.05, 4.69) is 28.8 Å². The topological polar surface area (TPSA) is 29.0 Å². The molecule has 0 fully saturated rings. The van der Waals surface area contributed by atoms with Crippen molar-refractivity contribution in [2.45, 2.75) is 20.4 Å². The number of hydrogen-bond donors (Lipinski definition) is 0. The van der Waals surface area contributed by atoms with E-state index in [1.54, 1.807) is 6.33 Å². The fourth-order valence-corrected chi connectivity index (χ4v) is 0.985. The normalized spacial score (nSPS) is 10.7. The lowest BCUT2D eigenvalue weighted by atomic mass is 10.3. The van der Waals surface area contributed by atoms with Crippen LogP contribution in [0.25, 0.3) is 0 Å². The zero-order valence-corrected chi connectivity index (χ0v) is 7.91. The number of aryl methyl sites for hydroxylation is 1. The molecule has 0 aliphatic rings. The van der Waals surface area contributed by atoms with Crippen molar-refractivity contribution in [3.8, 4) is 0 Å². The van der Waals surface area contributed by atoms with Crippen molar-refractivity contribution in [1.29, 1.82) is 0 Å². The molecule has 3 nitrogen and oxygen atoms in total. The molecule has 1 heterocycles. The highest BCUT2D eigenvalue weighted by molar-refractivity contribution is 5.05. The maximum Gasteiger partial charge on any atom is 0.115 e. The van der Waals surface area contributed by atoms with Crippen LogP contribution in [0.2, 0.25) is 0 Å². The van der Waals surface area contributed by atoms with Crippen molar-refractivity contribution in [3.05, 3.63) is 23.8 Å². The Morgan fingerprint density at radius 2 is 2.17 bits per heavy atom. The molecule has 0 unspecified atom stereocenters. The summed E-state index contributed by atoms with van der Waals surface area (Å²) in [7, 11) is 2.08. The highest BCUT2D eigenvalue weighted by atomic mass is 15.1. The molecule has 0 radical (unpaired) electrons. The Kier molecular flexibility index (Phi) is 3.17. The molecule has 1 rings (SSSR count). The van der Waals surface area contributed by atoms with Crippen molar-refractivity contribution < 1.29 is 0 Å². The molecule has 0 N–H and O–H groups in total. The zero-order chi connectivity index (χ0) is 8.97. The SMILES string of the molecule is CCN(C)Cc1cc(C)ncn1. The quantitative estimate of drug-likeness (QED) is 0.674. The average molecular weight is 165 g/mol. The van der Waals surface area contributed by atoms with E-state index in [9.17, 15) is 0 Å². The molecule has 0 amide bonds. The summed E-state index contributed by atoms with van der Waals surface area (Å²) in [6, 6.07) is 2.02. The number of rotatable bonds is 3. The number of hydrogen-bond acceptors (Lipinski definition) is 3. The molecule has 0 bridgehead atoms. The van der Waals surface area contributed by atoms with Crippen LogP contribution in [-0.2, 0) is 6.54 Å². The van der Waals surface area contributed by atoms with Gasteiger partial charge < -0.3 is 4.90 Å². The van der Waals surface area contributed by atoms with Gasteiger partial charge >= 0.3 is 0 Å². The molecular formula is C9H15N3. The van der Waals surface area contributed by atoms with E-state index in [4.69, 9.17) is 0 Å². The van der Waals surface area contributed by atoms with Crippen molar-refractivity contribution in [2.75, 3.05) is 13.6 Å². The number of nitrogens with zero attached hydrogens (tertiary/aromatic N) is 3. The van der Waals surface area contributed by atoms with Crippen LogP contribution in [0, 0.1) is 6.92 Å². The first kappa shape index (κ1) is 9.13. The molecule has 3 heteroatoms. The van der Waals surface area contributed by atoms with E-state index in [-0.39, 0.29) is 0 Å². The Hall–Kier alpha value is -0.960. The van der Waals surface area contributed by atoms with Crippen molar-refractivity contribution in [2.24, 2.45) is 0 Å². The van der Waals surface area contributed by atoms with E-state index in [1.165, 1.54) is 0 Å². The van der Waals surface area contributed by atoms with Crippen LogP contribution in [0.3, 0.4) is 0 Å². The molecule has 0 saturated heterocycles. The highest BCUT2D eigenvalue weighted by Gasteiger charge is 1.98. The maximum atomic E-state index is 4.17. The van der Waals surface area contributed by atoms with Crippen LogP contribution >= 0.6 is 0 Å². The lowest BCUT2D eigenvalue weighted by Gasteiger charge is -2.12. The molecule has 0 atom stereocenters. The smallest absolute Gasteiger partial charge is 0.115 e. The Morgan fingerprint density at radius 3 is 2.75 bits per heavy atom. The minimum Gasteiger partial charge on any atom is -0.301 e. The third-order valence-electron chi connectivity index (χ3n) is 1.83. The van der Waals surface area contributed by atoms with Gasteiger partial charge in [-0.1, -0.05) is 6.92 Å². The molecule has 0 aliphatic carbocycles. The van der Waals surface area contributed by atoms with E-state index < -0.39 is 0 Å². The molecule has 1 aromatic rings. The van der Waals surface area contributed by atoms with Crippen molar-refractivity contribution in [1.82, 2.24) is 14.9 Å². The van der Waals surface area contributed by atoms with Crippen molar-refractivity contribution >= 4 is 0 Å². The van der Waals surface area contributed by atoms with Gasteiger partial charge in [-0.05, 0) is 26.6 Å². The number of aromatic nitrogens is 2. The second-order valence-corrected chi connectivity index (χ2v) is 2.98. The van der Waals surface area contributed by atoms with E-state index in [0.29, 0.717) is 0 Å². The highest BCUT2D eigenvalue weighted by Crippen LogP contribution is 1.99. The zero-order valence-electron chi connectivity index (χ0n) is 7.91. The molecule has 0 aromatic carbocycles. The first-order valence-electron chi connectivity index (χ1n) is 4.18. The minimum absolute atomic E-state index is 0.903. The van der Waals surface area contributed by atoms with E-state index in [0.717, 1.165) is 24.5 Å². The Labute approximate surface area is 73.5 Å². The van der Waals surface area contributed by atoms with Crippen LogP contribution in [-0.4, -0.2) is 28.5 Å². The summed E-state index contributed by atoms with van der Waals surface area (Å²) >= 11 is 0. The maximum absolute atomic E-state index is 4.17. The van der Waals surface area contributed by atoms with Gasteiger partial charge in [-0.15, -0.1) is 0 Å². The monoisotopic (exact) mass is 165 g/mol. The van der Waals surface area contributed by atoms with Gasteiger partial charge in [-0.25, -0.2) is 9.97 Å². The summed E-state index contributed by atoms with van der Waals surface area (Å²) in [6.45, 7) is 6.06. The predicted octanol–water partition coefficient (Wildman–Crippen LogP) is 1.24. The molecular weight excluding hydrogens is 150 g/mol. The Bertz CT molecular complexity index is 247. The summed E-state index contributed by atoms with van der Waals surface area (Å²) in [5.74, 6) is 0. The first-order chi connectivity index (χ1) is 5.72. The van der Waals surface area contributed by atoms with Gasteiger partial charge in [0.2, 0.25) is 0 Å². The van der Waals surface area contributed by atoms with Crippen LogP contribution in [0.4, 0.5) is 0 Å². The second kappa shape index (κ2) is 4.16. The molecule has 1 aromatic heterocycles. The minimum atomic E-state index is 0.903. The predicted molar refractivity (Wildman–Crippen MR) is 48.8 cm³/mol. The molecule has 0 saturated carbocycles. The van der Waals surface area contributed by atoms with Crippen LogP contribution in [0.5, 0.6) is 0 Å². The van der Waals surface area contributed by atoms with Crippen LogP contribution in [0.15, 0.2) is 12.4 Å². The summed E-state index contributed by atoms with van der Waals surface area (Å²) < 4.78 is 0. The lowest BCUT2D eigenvalue weighted by Crippen LogP contribution is -2.17. The summed E-state index contributed by atoms with van der Waals surface area (Å²) in [5.41, 5.74) is 2.12. The standard InChI is InChI=1S/C9H15N3/c1-4-12(3)6-9-5-8(2)10-7-11-9/h5,7H,4,6H2,1-3H3.